The summed E-state index contributed by atoms with van der Waals surface area (Å²) in [6.07, 6.45) is 0. The van der Waals surface area contributed by atoms with Gasteiger partial charge in [0.1, 0.15) is 11.5 Å². The minimum absolute atomic E-state index is 0.283. The molecule has 0 bridgehead atoms. The molecule has 0 fully saturated rings. The number of rotatable bonds is 6. The smallest absolute Gasteiger partial charge is 0.323 e. The Kier molecular flexibility index (Phi) is 6.43. The van der Waals surface area contributed by atoms with E-state index >= 15 is 0 Å². The number of hydrogen-bond acceptors (Lipinski definition) is 3. The number of anilines is 3. The van der Waals surface area contributed by atoms with Gasteiger partial charge < -0.3 is 20.7 Å². The largest absolute Gasteiger partial charge is 0.457 e. The lowest BCUT2D eigenvalue weighted by Gasteiger charge is -2.11. The Balaban J connectivity index is 1.39. The average Bonchev–Trinajstić information content (AvgIpc) is 2.81. The Hall–Kier alpha value is -4.58. The molecule has 0 aliphatic carbocycles. The number of benzene rings is 4. The first-order valence-corrected chi connectivity index (χ1v) is 10.0. The number of carbonyl (C=O) groups is 2. The summed E-state index contributed by atoms with van der Waals surface area (Å²) in [4.78, 5) is 24.9. The third-order valence-corrected chi connectivity index (χ3v) is 4.49. The lowest BCUT2D eigenvalue weighted by molar-refractivity contribution is 0.102. The monoisotopic (exact) mass is 423 g/mol. The number of amides is 3. The lowest BCUT2D eigenvalue weighted by Crippen LogP contribution is -2.19. The van der Waals surface area contributed by atoms with Gasteiger partial charge in [0, 0.05) is 22.6 Å². The fraction of sp³-hybridized carbons (Fsp3) is 0. The van der Waals surface area contributed by atoms with Crippen molar-refractivity contribution in [1.82, 2.24) is 0 Å². The van der Waals surface area contributed by atoms with Gasteiger partial charge in [-0.25, -0.2) is 4.79 Å². The first-order valence-electron chi connectivity index (χ1n) is 10.0. The van der Waals surface area contributed by atoms with E-state index in [1.807, 2.05) is 48.5 Å². The molecule has 3 N–H and O–H groups in total. The van der Waals surface area contributed by atoms with Crippen LogP contribution in [0.1, 0.15) is 10.4 Å². The fourth-order valence-corrected chi connectivity index (χ4v) is 3.02. The maximum Gasteiger partial charge on any atom is 0.323 e. The standard InChI is InChI=1S/C26H21N3O3/c30-25(19-9-7-16-24(17-19)32-23-14-5-2-6-15-23)27-21-12-8-13-22(18-21)29-26(31)28-20-10-3-1-4-11-20/h1-18H,(H,27,30)(H2,28,29,31). The van der Waals surface area contributed by atoms with Crippen LogP contribution in [-0.4, -0.2) is 11.9 Å². The third kappa shape index (κ3) is 5.73. The summed E-state index contributed by atoms with van der Waals surface area (Å²) < 4.78 is 5.80. The summed E-state index contributed by atoms with van der Waals surface area (Å²) in [5.41, 5.74) is 2.25. The van der Waals surface area contributed by atoms with Crippen LogP contribution in [0.2, 0.25) is 0 Å². The zero-order valence-corrected chi connectivity index (χ0v) is 17.1. The van der Waals surface area contributed by atoms with Crippen LogP contribution in [0.4, 0.5) is 21.9 Å². The first-order chi connectivity index (χ1) is 15.7. The Morgan fingerprint density at radius 1 is 0.531 bits per heavy atom. The summed E-state index contributed by atoms with van der Waals surface area (Å²) in [7, 11) is 0. The molecule has 0 heterocycles. The Morgan fingerprint density at radius 3 is 1.84 bits per heavy atom. The number of nitrogens with one attached hydrogen (secondary N) is 3. The van der Waals surface area contributed by atoms with Crippen LogP contribution in [-0.2, 0) is 0 Å². The molecule has 0 unspecified atom stereocenters. The zero-order valence-electron chi connectivity index (χ0n) is 17.1. The van der Waals surface area contributed by atoms with Gasteiger partial charge in [0.2, 0.25) is 0 Å². The molecule has 0 aliphatic heterocycles. The summed E-state index contributed by atoms with van der Waals surface area (Å²) in [5.74, 6) is 0.976. The van der Waals surface area contributed by atoms with Crippen molar-refractivity contribution in [3.05, 3.63) is 115 Å². The number of para-hydroxylation sites is 2. The molecular weight excluding hydrogens is 402 g/mol. The van der Waals surface area contributed by atoms with Crippen LogP contribution in [0.15, 0.2) is 109 Å². The van der Waals surface area contributed by atoms with Gasteiger partial charge in [-0.05, 0) is 60.7 Å². The SMILES string of the molecule is O=C(Nc1ccccc1)Nc1cccc(NC(=O)c2cccc(Oc3ccccc3)c2)c1. The van der Waals surface area contributed by atoms with Crippen LogP contribution in [0, 0.1) is 0 Å². The van der Waals surface area contributed by atoms with E-state index in [-0.39, 0.29) is 11.9 Å². The van der Waals surface area contributed by atoms with E-state index in [1.54, 1.807) is 60.7 Å². The average molecular weight is 423 g/mol. The summed E-state index contributed by atoms with van der Waals surface area (Å²) in [6.45, 7) is 0. The highest BCUT2D eigenvalue weighted by Gasteiger charge is 2.09. The van der Waals surface area contributed by atoms with Crippen molar-refractivity contribution < 1.29 is 14.3 Å². The van der Waals surface area contributed by atoms with Crippen LogP contribution in [0.5, 0.6) is 11.5 Å². The fourth-order valence-electron chi connectivity index (χ4n) is 3.02. The number of carbonyl (C=O) groups excluding carboxylic acids is 2. The third-order valence-electron chi connectivity index (χ3n) is 4.49. The van der Waals surface area contributed by atoms with Gasteiger partial charge in [0.25, 0.3) is 5.91 Å². The molecule has 0 spiro atoms. The first kappa shape index (κ1) is 20.7. The van der Waals surface area contributed by atoms with Crippen LogP contribution >= 0.6 is 0 Å². The summed E-state index contributed by atoms with van der Waals surface area (Å²) >= 11 is 0. The Bertz CT molecular complexity index is 1210. The molecule has 0 atom stereocenters. The molecule has 158 valence electrons. The highest BCUT2D eigenvalue weighted by molar-refractivity contribution is 6.05. The molecule has 4 aromatic carbocycles. The van der Waals surface area contributed by atoms with E-state index in [0.29, 0.717) is 34.1 Å². The summed E-state index contributed by atoms with van der Waals surface area (Å²) in [6, 6.07) is 32.0. The van der Waals surface area contributed by atoms with Crippen LogP contribution in [0.3, 0.4) is 0 Å². The second kappa shape index (κ2) is 9.95. The quantitative estimate of drug-likeness (QED) is 0.337. The van der Waals surface area contributed by atoms with Crippen molar-refractivity contribution >= 4 is 29.0 Å². The van der Waals surface area contributed by atoms with Gasteiger partial charge in [-0.1, -0.05) is 48.5 Å². The van der Waals surface area contributed by atoms with E-state index in [4.69, 9.17) is 4.74 Å². The number of ether oxygens (including phenoxy) is 1. The Morgan fingerprint density at radius 2 is 1.09 bits per heavy atom. The van der Waals surface area contributed by atoms with Crippen molar-refractivity contribution in [2.24, 2.45) is 0 Å². The van der Waals surface area contributed by atoms with Crippen LogP contribution < -0.4 is 20.7 Å². The van der Waals surface area contributed by atoms with Gasteiger partial charge in [0.15, 0.2) is 0 Å². The minimum Gasteiger partial charge on any atom is -0.457 e. The van der Waals surface area contributed by atoms with Gasteiger partial charge >= 0.3 is 6.03 Å². The molecule has 32 heavy (non-hydrogen) atoms. The van der Waals surface area contributed by atoms with E-state index in [1.165, 1.54) is 0 Å². The molecule has 3 amide bonds. The highest BCUT2D eigenvalue weighted by Crippen LogP contribution is 2.23. The van der Waals surface area contributed by atoms with Crippen molar-refractivity contribution in [2.45, 2.75) is 0 Å². The minimum atomic E-state index is -0.370. The van der Waals surface area contributed by atoms with Crippen molar-refractivity contribution in [2.75, 3.05) is 16.0 Å². The van der Waals surface area contributed by atoms with E-state index < -0.39 is 0 Å². The molecule has 6 heteroatoms. The molecule has 0 aliphatic rings. The lowest BCUT2D eigenvalue weighted by atomic mass is 10.2. The molecule has 0 saturated heterocycles. The molecule has 0 saturated carbocycles. The molecule has 6 nitrogen and oxygen atoms in total. The van der Waals surface area contributed by atoms with Gasteiger partial charge in [-0.15, -0.1) is 0 Å². The predicted octanol–water partition coefficient (Wildman–Crippen LogP) is 6.38. The van der Waals surface area contributed by atoms with Crippen molar-refractivity contribution in [1.29, 1.82) is 0 Å². The van der Waals surface area contributed by atoms with E-state index in [9.17, 15) is 9.59 Å². The molecular formula is C26H21N3O3. The van der Waals surface area contributed by atoms with Crippen LogP contribution in [0.25, 0.3) is 0 Å². The number of urea groups is 1. The highest BCUT2D eigenvalue weighted by atomic mass is 16.5. The molecule has 4 rings (SSSR count). The molecule has 0 aromatic heterocycles. The topological polar surface area (TPSA) is 79.5 Å². The second-order valence-electron chi connectivity index (χ2n) is 6.92. The normalized spacial score (nSPS) is 10.1. The summed E-state index contributed by atoms with van der Waals surface area (Å²) in [5, 5.41) is 8.36. The second-order valence-corrected chi connectivity index (χ2v) is 6.92. The van der Waals surface area contributed by atoms with E-state index in [2.05, 4.69) is 16.0 Å². The van der Waals surface area contributed by atoms with Gasteiger partial charge in [-0.2, -0.15) is 0 Å². The van der Waals surface area contributed by atoms with Gasteiger partial charge in [-0.3, -0.25) is 4.79 Å². The maximum atomic E-state index is 12.7. The van der Waals surface area contributed by atoms with Gasteiger partial charge in [0.05, 0.1) is 0 Å². The Labute approximate surface area is 185 Å². The molecule has 4 aromatic rings. The zero-order chi connectivity index (χ0) is 22.2. The van der Waals surface area contributed by atoms with Crippen molar-refractivity contribution in [3.63, 3.8) is 0 Å². The number of hydrogen-bond donors (Lipinski definition) is 3. The maximum absolute atomic E-state index is 12.7. The van der Waals surface area contributed by atoms with Crippen molar-refractivity contribution in [3.8, 4) is 11.5 Å². The molecule has 0 radical (unpaired) electrons. The van der Waals surface area contributed by atoms with E-state index in [0.717, 1.165) is 0 Å². The predicted molar refractivity (Wildman–Crippen MR) is 126 cm³/mol.